The highest BCUT2D eigenvalue weighted by Gasteiger charge is 2.36. The Morgan fingerprint density at radius 2 is 1.95 bits per heavy atom. The lowest BCUT2D eigenvalue weighted by atomic mass is 9.79. The van der Waals surface area contributed by atoms with Crippen molar-refractivity contribution < 1.29 is 5.11 Å². The summed E-state index contributed by atoms with van der Waals surface area (Å²) >= 11 is 12.5. The Morgan fingerprint density at radius 3 is 2.55 bits per heavy atom. The molecule has 0 radical (unpaired) electrons. The average molecular weight is 317 g/mol. The van der Waals surface area contributed by atoms with Crippen LogP contribution in [0.5, 0.6) is 0 Å². The van der Waals surface area contributed by atoms with Crippen LogP contribution in [-0.2, 0) is 0 Å². The Morgan fingerprint density at radius 1 is 1.30 bits per heavy atom. The highest BCUT2D eigenvalue weighted by molar-refractivity contribution is 6.33. The molecule has 112 valence electrons. The molecular weight excluding hydrogens is 295 g/mol. The van der Waals surface area contributed by atoms with Gasteiger partial charge in [-0.3, -0.25) is 4.90 Å². The summed E-state index contributed by atoms with van der Waals surface area (Å²) in [6.07, 6.45) is 0. The van der Waals surface area contributed by atoms with Crippen molar-refractivity contribution in [3.05, 3.63) is 33.8 Å². The molecule has 1 fully saturated rings. The summed E-state index contributed by atoms with van der Waals surface area (Å²) in [6, 6.07) is 5.62. The molecule has 1 saturated heterocycles. The molecule has 0 saturated carbocycles. The zero-order chi connectivity index (χ0) is 14.8. The predicted octanol–water partition coefficient (Wildman–Crippen LogP) is 2.96. The molecule has 20 heavy (non-hydrogen) atoms. The maximum atomic E-state index is 9.80. The van der Waals surface area contributed by atoms with Gasteiger partial charge in [0.05, 0.1) is 0 Å². The first-order valence-electron chi connectivity index (χ1n) is 6.96. The molecule has 1 atom stereocenters. The minimum Gasteiger partial charge on any atom is -0.396 e. The number of aliphatic hydroxyl groups is 1. The van der Waals surface area contributed by atoms with E-state index in [0.29, 0.717) is 10.0 Å². The zero-order valence-corrected chi connectivity index (χ0v) is 13.5. The number of halogens is 2. The van der Waals surface area contributed by atoms with Crippen molar-refractivity contribution in [2.45, 2.75) is 19.9 Å². The van der Waals surface area contributed by atoms with E-state index in [9.17, 15) is 5.11 Å². The van der Waals surface area contributed by atoms with E-state index in [0.717, 1.165) is 31.7 Å². The first-order chi connectivity index (χ1) is 9.45. The van der Waals surface area contributed by atoms with Crippen LogP contribution in [0.15, 0.2) is 18.2 Å². The average Bonchev–Trinajstić information content (AvgIpc) is 2.44. The second-order valence-corrected chi connectivity index (χ2v) is 6.84. The summed E-state index contributed by atoms with van der Waals surface area (Å²) in [5.41, 5.74) is 0.714. The minimum atomic E-state index is -0.286. The first-order valence-corrected chi connectivity index (χ1v) is 7.72. The van der Waals surface area contributed by atoms with Crippen LogP contribution in [0.2, 0.25) is 10.0 Å². The summed E-state index contributed by atoms with van der Waals surface area (Å²) in [5.74, 6) is 0. The maximum absolute atomic E-state index is 9.80. The Balaban J connectivity index is 2.42. The molecular formula is C15H22Cl2N2O. The number of hydrogen-bond donors (Lipinski definition) is 2. The summed E-state index contributed by atoms with van der Waals surface area (Å²) in [6.45, 7) is 8.03. The number of hydrogen-bond acceptors (Lipinski definition) is 3. The smallest absolute Gasteiger partial charge is 0.0500 e. The van der Waals surface area contributed by atoms with Crippen molar-refractivity contribution in [3.8, 4) is 0 Å². The van der Waals surface area contributed by atoms with Gasteiger partial charge in [-0.05, 0) is 23.8 Å². The van der Waals surface area contributed by atoms with Gasteiger partial charge in [-0.1, -0.05) is 37.0 Å². The lowest BCUT2D eigenvalue weighted by Crippen LogP contribution is -2.49. The monoisotopic (exact) mass is 316 g/mol. The summed E-state index contributed by atoms with van der Waals surface area (Å²) in [4.78, 5) is 2.38. The third-order valence-corrected chi connectivity index (χ3v) is 4.50. The van der Waals surface area contributed by atoms with Gasteiger partial charge in [-0.2, -0.15) is 0 Å². The number of nitrogens with one attached hydrogen (secondary N) is 1. The van der Waals surface area contributed by atoms with Crippen LogP contribution < -0.4 is 5.32 Å². The molecule has 0 unspecified atom stereocenters. The number of rotatable bonds is 4. The molecule has 1 aliphatic rings. The lowest BCUT2D eigenvalue weighted by molar-refractivity contribution is 0.0306. The molecule has 0 amide bonds. The van der Waals surface area contributed by atoms with E-state index in [1.807, 2.05) is 12.1 Å². The van der Waals surface area contributed by atoms with Crippen LogP contribution in [0.25, 0.3) is 0 Å². The summed E-state index contributed by atoms with van der Waals surface area (Å²) in [5, 5.41) is 14.5. The molecule has 5 heteroatoms. The molecule has 0 bridgehead atoms. The molecule has 1 aromatic carbocycles. The molecule has 1 aromatic rings. The van der Waals surface area contributed by atoms with Crippen LogP contribution in [0, 0.1) is 5.41 Å². The van der Waals surface area contributed by atoms with Gasteiger partial charge in [0.1, 0.15) is 0 Å². The Labute approximate surface area is 130 Å². The first kappa shape index (κ1) is 16.1. The summed E-state index contributed by atoms with van der Waals surface area (Å²) < 4.78 is 0. The molecule has 1 aliphatic heterocycles. The van der Waals surface area contributed by atoms with Crippen molar-refractivity contribution in [2.75, 3.05) is 32.8 Å². The molecule has 3 nitrogen and oxygen atoms in total. The number of aliphatic hydroxyl groups excluding tert-OH is 1. The number of nitrogens with zero attached hydrogens (tertiary/aromatic N) is 1. The fourth-order valence-corrected chi connectivity index (χ4v) is 3.26. The Hall–Kier alpha value is -0.320. The van der Waals surface area contributed by atoms with Crippen LogP contribution in [0.3, 0.4) is 0 Å². The van der Waals surface area contributed by atoms with Crippen molar-refractivity contribution in [3.63, 3.8) is 0 Å². The topological polar surface area (TPSA) is 35.5 Å². The zero-order valence-electron chi connectivity index (χ0n) is 12.0. The van der Waals surface area contributed by atoms with E-state index in [2.05, 4.69) is 24.1 Å². The van der Waals surface area contributed by atoms with E-state index in [1.165, 1.54) is 0 Å². The van der Waals surface area contributed by atoms with Crippen LogP contribution in [-0.4, -0.2) is 42.8 Å². The van der Waals surface area contributed by atoms with Gasteiger partial charge in [0.2, 0.25) is 0 Å². The Bertz CT molecular complexity index is 459. The predicted molar refractivity (Wildman–Crippen MR) is 84.5 cm³/mol. The minimum absolute atomic E-state index is 0.0563. The lowest BCUT2D eigenvalue weighted by Gasteiger charge is -2.43. The van der Waals surface area contributed by atoms with Crippen LogP contribution in [0.4, 0.5) is 0 Å². The normalized spacial score (nSPS) is 19.1. The largest absolute Gasteiger partial charge is 0.396 e. The second kappa shape index (κ2) is 6.63. The van der Waals surface area contributed by atoms with E-state index in [1.54, 1.807) is 6.07 Å². The van der Waals surface area contributed by atoms with Gasteiger partial charge >= 0.3 is 0 Å². The molecule has 0 aliphatic carbocycles. The molecule has 2 N–H and O–H groups in total. The van der Waals surface area contributed by atoms with Crippen LogP contribution in [0.1, 0.15) is 25.5 Å². The highest BCUT2D eigenvalue weighted by Crippen LogP contribution is 2.41. The third kappa shape index (κ3) is 3.46. The second-order valence-electron chi connectivity index (χ2n) is 6.00. The SMILES string of the molecule is CC(C)(CO)[C@@H](c1cc(Cl)ccc1Cl)N1CCNCC1. The third-order valence-electron chi connectivity index (χ3n) is 3.92. The fourth-order valence-electron chi connectivity index (χ4n) is 2.86. The van der Waals surface area contributed by atoms with Crippen molar-refractivity contribution in [2.24, 2.45) is 5.41 Å². The van der Waals surface area contributed by atoms with Crippen LogP contribution >= 0.6 is 23.2 Å². The standard InChI is InChI=1S/C15H22Cl2N2O/c1-15(2,10-20)14(19-7-5-18-6-8-19)12-9-11(16)3-4-13(12)17/h3-4,9,14,18,20H,5-8,10H2,1-2H3/t14-/m1/s1. The van der Waals surface area contributed by atoms with E-state index < -0.39 is 0 Å². The van der Waals surface area contributed by atoms with Gasteiger partial charge < -0.3 is 10.4 Å². The van der Waals surface area contributed by atoms with E-state index >= 15 is 0 Å². The quantitative estimate of drug-likeness (QED) is 0.896. The van der Waals surface area contributed by atoms with Crippen molar-refractivity contribution in [1.82, 2.24) is 10.2 Å². The van der Waals surface area contributed by atoms with Gasteiger partial charge in [0, 0.05) is 54.3 Å². The van der Waals surface area contributed by atoms with Gasteiger partial charge in [0.25, 0.3) is 0 Å². The highest BCUT2D eigenvalue weighted by atomic mass is 35.5. The molecule has 1 heterocycles. The fraction of sp³-hybridized carbons (Fsp3) is 0.600. The van der Waals surface area contributed by atoms with Crippen molar-refractivity contribution >= 4 is 23.2 Å². The molecule has 0 aromatic heterocycles. The van der Waals surface area contributed by atoms with Crippen molar-refractivity contribution in [1.29, 1.82) is 0 Å². The number of benzene rings is 1. The Kier molecular flexibility index (Phi) is 5.32. The van der Waals surface area contributed by atoms with E-state index in [-0.39, 0.29) is 18.1 Å². The number of piperazine rings is 1. The van der Waals surface area contributed by atoms with Gasteiger partial charge in [0.15, 0.2) is 0 Å². The van der Waals surface area contributed by atoms with E-state index in [4.69, 9.17) is 23.2 Å². The maximum Gasteiger partial charge on any atom is 0.0500 e. The summed E-state index contributed by atoms with van der Waals surface area (Å²) in [7, 11) is 0. The van der Waals surface area contributed by atoms with Gasteiger partial charge in [-0.15, -0.1) is 0 Å². The molecule has 0 spiro atoms. The molecule has 2 rings (SSSR count). The van der Waals surface area contributed by atoms with Gasteiger partial charge in [-0.25, -0.2) is 0 Å².